The normalized spacial score (nSPS) is 13.6. The number of aliphatic hydroxyl groups excluding tert-OH is 1. The Morgan fingerprint density at radius 1 is 1.71 bits per heavy atom. The number of nitrogens with zero attached hydrogens (tertiary/aromatic N) is 2. The van der Waals surface area contributed by atoms with Crippen molar-refractivity contribution < 1.29 is 23.4 Å². The summed E-state index contributed by atoms with van der Waals surface area (Å²) >= 11 is 5.62. The summed E-state index contributed by atoms with van der Waals surface area (Å²) in [5.74, 6) is -1.49. The van der Waals surface area contributed by atoms with Crippen molar-refractivity contribution in [3.8, 4) is 0 Å². The molecule has 1 atom stereocenters. The molecule has 0 spiro atoms. The van der Waals surface area contributed by atoms with E-state index in [0.29, 0.717) is 0 Å². The van der Waals surface area contributed by atoms with E-state index < -0.39 is 28.6 Å². The summed E-state index contributed by atoms with van der Waals surface area (Å²) < 4.78 is 26.3. The number of halogens is 1. The standard InChI is InChI=1S/C7H10ClN3O5S/c1-11-6(4(8)2-9-11)17(15,16)10-5(3-12)7(13)14/h2,5,10,12H,3H2,1H3,(H,13,14)/t5-/m0/s1. The minimum absolute atomic E-state index is 0.137. The number of hydrogen-bond donors (Lipinski definition) is 3. The molecule has 0 aliphatic rings. The fourth-order valence-corrected chi connectivity index (χ4v) is 2.95. The molecule has 0 unspecified atom stereocenters. The molecule has 0 fully saturated rings. The Kier molecular flexibility index (Phi) is 4.09. The number of carboxylic acids is 1. The summed E-state index contributed by atoms with van der Waals surface area (Å²) in [6.45, 7) is -0.871. The molecule has 17 heavy (non-hydrogen) atoms. The summed E-state index contributed by atoms with van der Waals surface area (Å²) in [7, 11) is -2.81. The maximum atomic E-state index is 11.8. The highest BCUT2D eigenvalue weighted by atomic mass is 35.5. The first kappa shape index (κ1) is 13.9. The number of aliphatic hydroxyl groups is 1. The molecule has 0 radical (unpaired) electrons. The maximum absolute atomic E-state index is 11.8. The van der Waals surface area contributed by atoms with Gasteiger partial charge in [-0.25, -0.2) is 8.42 Å². The zero-order chi connectivity index (χ0) is 13.2. The Morgan fingerprint density at radius 3 is 2.65 bits per heavy atom. The van der Waals surface area contributed by atoms with Crippen molar-refractivity contribution in [2.24, 2.45) is 7.05 Å². The van der Waals surface area contributed by atoms with Crippen LogP contribution in [0.4, 0.5) is 0 Å². The smallest absolute Gasteiger partial charge is 0.324 e. The maximum Gasteiger partial charge on any atom is 0.324 e. The minimum atomic E-state index is -4.16. The largest absolute Gasteiger partial charge is 0.480 e. The number of carboxylic acid groups (broad SMARTS) is 1. The van der Waals surface area contributed by atoms with E-state index in [1.807, 2.05) is 0 Å². The van der Waals surface area contributed by atoms with Crippen LogP contribution in [-0.2, 0) is 21.9 Å². The van der Waals surface area contributed by atoms with Crippen LogP contribution in [0.5, 0.6) is 0 Å². The van der Waals surface area contributed by atoms with Crippen molar-refractivity contribution in [1.29, 1.82) is 0 Å². The van der Waals surface area contributed by atoms with Crippen molar-refractivity contribution in [2.45, 2.75) is 11.1 Å². The van der Waals surface area contributed by atoms with Crippen LogP contribution in [0.15, 0.2) is 11.2 Å². The molecule has 1 aromatic rings. The van der Waals surface area contributed by atoms with Gasteiger partial charge in [0.05, 0.1) is 17.8 Å². The van der Waals surface area contributed by atoms with Crippen molar-refractivity contribution in [2.75, 3.05) is 6.61 Å². The minimum Gasteiger partial charge on any atom is -0.480 e. The fraction of sp³-hybridized carbons (Fsp3) is 0.429. The van der Waals surface area contributed by atoms with E-state index in [9.17, 15) is 13.2 Å². The zero-order valence-electron chi connectivity index (χ0n) is 8.66. The molecule has 0 saturated heterocycles. The lowest BCUT2D eigenvalue weighted by atomic mass is 10.3. The second-order valence-corrected chi connectivity index (χ2v) is 5.15. The Morgan fingerprint density at radius 2 is 2.29 bits per heavy atom. The van der Waals surface area contributed by atoms with Gasteiger partial charge in [-0.15, -0.1) is 0 Å². The first-order valence-electron chi connectivity index (χ1n) is 4.33. The van der Waals surface area contributed by atoms with E-state index in [-0.39, 0.29) is 10.0 Å². The molecular weight excluding hydrogens is 274 g/mol. The van der Waals surface area contributed by atoms with Gasteiger partial charge in [0.25, 0.3) is 10.0 Å². The van der Waals surface area contributed by atoms with Crippen LogP contribution < -0.4 is 4.72 Å². The van der Waals surface area contributed by atoms with Crippen molar-refractivity contribution in [3.63, 3.8) is 0 Å². The molecule has 1 heterocycles. The number of hydrogen-bond acceptors (Lipinski definition) is 5. The monoisotopic (exact) mass is 283 g/mol. The first-order chi connectivity index (χ1) is 7.79. The van der Waals surface area contributed by atoms with Crippen LogP contribution in [0.1, 0.15) is 0 Å². The first-order valence-corrected chi connectivity index (χ1v) is 6.19. The van der Waals surface area contributed by atoms with Gasteiger partial charge in [-0.1, -0.05) is 11.6 Å². The number of nitrogens with one attached hydrogen (secondary N) is 1. The number of aryl methyl sites for hydroxylation is 1. The Balaban J connectivity index is 3.09. The van der Waals surface area contributed by atoms with Crippen LogP contribution >= 0.6 is 11.6 Å². The predicted molar refractivity (Wildman–Crippen MR) is 57.0 cm³/mol. The topological polar surface area (TPSA) is 122 Å². The molecule has 10 heteroatoms. The highest BCUT2D eigenvalue weighted by Crippen LogP contribution is 2.19. The highest BCUT2D eigenvalue weighted by molar-refractivity contribution is 7.89. The lowest BCUT2D eigenvalue weighted by Crippen LogP contribution is -2.43. The van der Waals surface area contributed by atoms with Gasteiger partial charge in [0.2, 0.25) is 0 Å². The van der Waals surface area contributed by atoms with Gasteiger partial charge in [-0.05, 0) is 0 Å². The Hall–Kier alpha value is -1.16. The van der Waals surface area contributed by atoms with Gasteiger partial charge in [0.1, 0.15) is 6.04 Å². The molecule has 0 aliphatic heterocycles. The second kappa shape index (κ2) is 5.00. The second-order valence-electron chi connectivity index (χ2n) is 3.12. The Bertz CT molecular complexity index is 506. The summed E-state index contributed by atoms with van der Waals surface area (Å²) in [5, 5.41) is 20.5. The molecular formula is C7H10ClN3O5S. The summed E-state index contributed by atoms with van der Waals surface area (Å²) in [4.78, 5) is 10.6. The van der Waals surface area contributed by atoms with E-state index in [0.717, 1.165) is 10.9 Å². The van der Waals surface area contributed by atoms with Crippen LogP contribution in [0.25, 0.3) is 0 Å². The Labute approximate surface area is 102 Å². The third-order valence-electron chi connectivity index (χ3n) is 1.88. The third-order valence-corrected chi connectivity index (χ3v) is 3.85. The average molecular weight is 284 g/mol. The lowest BCUT2D eigenvalue weighted by Gasteiger charge is -2.12. The molecule has 1 rings (SSSR count). The van der Waals surface area contributed by atoms with E-state index >= 15 is 0 Å². The molecule has 0 amide bonds. The van der Waals surface area contributed by atoms with Gasteiger partial charge >= 0.3 is 5.97 Å². The zero-order valence-corrected chi connectivity index (χ0v) is 10.2. The highest BCUT2D eigenvalue weighted by Gasteiger charge is 2.28. The number of sulfonamides is 1. The number of rotatable bonds is 5. The van der Waals surface area contributed by atoms with Crippen LogP contribution in [0, 0.1) is 0 Å². The van der Waals surface area contributed by atoms with Crippen LogP contribution in [0.2, 0.25) is 5.02 Å². The van der Waals surface area contributed by atoms with Gasteiger partial charge in [0, 0.05) is 7.05 Å². The van der Waals surface area contributed by atoms with Gasteiger partial charge in [-0.2, -0.15) is 9.82 Å². The van der Waals surface area contributed by atoms with Crippen molar-refractivity contribution >= 4 is 27.6 Å². The molecule has 0 saturated carbocycles. The molecule has 0 aromatic carbocycles. The average Bonchev–Trinajstić information content (AvgIpc) is 2.55. The van der Waals surface area contributed by atoms with E-state index in [1.54, 1.807) is 4.72 Å². The fourth-order valence-electron chi connectivity index (χ4n) is 1.11. The van der Waals surface area contributed by atoms with E-state index in [1.165, 1.54) is 7.05 Å². The molecule has 1 aromatic heterocycles. The van der Waals surface area contributed by atoms with E-state index in [2.05, 4.69) is 5.10 Å². The van der Waals surface area contributed by atoms with Gasteiger partial charge in [-0.3, -0.25) is 9.48 Å². The number of aliphatic carboxylic acids is 1. The number of aromatic nitrogens is 2. The summed E-state index contributed by atoms with van der Waals surface area (Å²) in [6, 6.07) is -1.63. The SMILES string of the molecule is Cn1ncc(Cl)c1S(=O)(=O)N[C@@H](CO)C(=O)O. The summed E-state index contributed by atoms with van der Waals surface area (Å²) in [5.41, 5.74) is 0. The molecule has 0 aliphatic carbocycles. The quantitative estimate of drug-likeness (QED) is 0.624. The van der Waals surface area contributed by atoms with Crippen LogP contribution in [-0.4, -0.2) is 47.0 Å². The third kappa shape index (κ3) is 2.94. The van der Waals surface area contributed by atoms with Crippen molar-refractivity contribution in [3.05, 3.63) is 11.2 Å². The lowest BCUT2D eigenvalue weighted by molar-refractivity contribution is -0.139. The predicted octanol–water partition coefficient (Wildman–Crippen LogP) is -1.20. The van der Waals surface area contributed by atoms with Gasteiger partial charge < -0.3 is 10.2 Å². The molecule has 0 bridgehead atoms. The van der Waals surface area contributed by atoms with Gasteiger partial charge in [0.15, 0.2) is 5.03 Å². The molecule has 96 valence electrons. The van der Waals surface area contributed by atoms with Crippen molar-refractivity contribution in [1.82, 2.24) is 14.5 Å². The molecule has 8 nitrogen and oxygen atoms in total. The summed E-state index contributed by atoms with van der Waals surface area (Å²) in [6.07, 6.45) is 1.12. The van der Waals surface area contributed by atoms with E-state index in [4.69, 9.17) is 21.8 Å². The molecule has 3 N–H and O–H groups in total. The van der Waals surface area contributed by atoms with Crippen LogP contribution in [0.3, 0.4) is 0 Å². The number of carbonyl (C=O) groups is 1.